The van der Waals surface area contributed by atoms with Crippen molar-refractivity contribution in [2.24, 2.45) is 0 Å². The van der Waals surface area contributed by atoms with Crippen LogP contribution in [-0.2, 0) is 6.54 Å². The summed E-state index contributed by atoms with van der Waals surface area (Å²) in [5.41, 5.74) is 1.08. The molecule has 0 N–H and O–H groups in total. The van der Waals surface area contributed by atoms with Crippen molar-refractivity contribution in [2.45, 2.75) is 18.5 Å². The number of benzene rings is 1. The number of alkyl halides is 1. The Morgan fingerprint density at radius 2 is 2.10 bits per heavy atom. The van der Waals surface area contributed by atoms with E-state index in [0.717, 1.165) is 5.56 Å². The third-order valence-corrected chi connectivity index (χ3v) is 4.26. The molecular formula is C13H14ClN3O2S. The molecule has 1 aromatic carbocycles. The Kier molecular flexibility index (Phi) is 5.03. The van der Waals surface area contributed by atoms with Crippen molar-refractivity contribution in [1.29, 1.82) is 0 Å². The summed E-state index contributed by atoms with van der Waals surface area (Å²) in [4.78, 5) is 14.7. The molecule has 1 heterocycles. The van der Waals surface area contributed by atoms with Crippen molar-refractivity contribution < 1.29 is 4.92 Å². The van der Waals surface area contributed by atoms with E-state index in [1.165, 1.54) is 11.8 Å². The van der Waals surface area contributed by atoms with Crippen molar-refractivity contribution in [3.63, 3.8) is 0 Å². The molecule has 0 aliphatic heterocycles. The maximum Gasteiger partial charge on any atom is 0.396 e. The van der Waals surface area contributed by atoms with Crippen LogP contribution in [0.25, 0.3) is 0 Å². The van der Waals surface area contributed by atoms with Gasteiger partial charge in [0.05, 0.1) is 6.54 Å². The number of aromatic nitrogens is 2. The van der Waals surface area contributed by atoms with Crippen LogP contribution in [0, 0.1) is 17.0 Å². The minimum atomic E-state index is -0.439. The molecule has 0 aliphatic rings. The highest BCUT2D eigenvalue weighted by molar-refractivity contribution is 7.99. The molecule has 0 radical (unpaired) electrons. The SMILES string of the molecule is Cc1nc([N+](=O)[O-])c(SCCCl)n1Cc1ccccc1. The van der Waals surface area contributed by atoms with Gasteiger partial charge in [-0.25, -0.2) is 0 Å². The van der Waals surface area contributed by atoms with Crippen LogP contribution in [0.3, 0.4) is 0 Å². The van der Waals surface area contributed by atoms with Crippen LogP contribution in [0.15, 0.2) is 35.4 Å². The molecule has 20 heavy (non-hydrogen) atoms. The molecule has 0 amide bonds. The lowest BCUT2D eigenvalue weighted by Gasteiger charge is -2.07. The second-order valence-corrected chi connectivity index (χ2v) is 5.62. The van der Waals surface area contributed by atoms with Crippen molar-refractivity contribution in [3.05, 3.63) is 51.8 Å². The number of hydrogen-bond acceptors (Lipinski definition) is 4. The Balaban J connectivity index is 2.37. The van der Waals surface area contributed by atoms with Crippen LogP contribution < -0.4 is 0 Å². The van der Waals surface area contributed by atoms with Crippen LogP contribution in [0.4, 0.5) is 5.82 Å². The first-order chi connectivity index (χ1) is 9.63. The minimum Gasteiger partial charge on any atom is -0.358 e. The van der Waals surface area contributed by atoms with Gasteiger partial charge in [-0.15, -0.1) is 11.6 Å². The van der Waals surface area contributed by atoms with E-state index in [4.69, 9.17) is 11.6 Å². The molecule has 0 bridgehead atoms. The number of hydrogen-bond donors (Lipinski definition) is 0. The molecule has 7 heteroatoms. The smallest absolute Gasteiger partial charge is 0.358 e. The highest BCUT2D eigenvalue weighted by Gasteiger charge is 2.25. The monoisotopic (exact) mass is 311 g/mol. The van der Waals surface area contributed by atoms with Crippen LogP contribution in [0.2, 0.25) is 0 Å². The maximum absolute atomic E-state index is 11.1. The highest BCUT2D eigenvalue weighted by atomic mass is 35.5. The molecular weight excluding hydrogens is 298 g/mol. The Morgan fingerprint density at radius 1 is 1.40 bits per heavy atom. The summed E-state index contributed by atoms with van der Waals surface area (Å²) in [7, 11) is 0. The summed E-state index contributed by atoms with van der Waals surface area (Å²) >= 11 is 7.05. The topological polar surface area (TPSA) is 61.0 Å². The molecule has 2 aromatic rings. The average molecular weight is 312 g/mol. The van der Waals surface area contributed by atoms with Crippen LogP contribution >= 0.6 is 23.4 Å². The first kappa shape index (κ1) is 14.9. The van der Waals surface area contributed by atoms with Crippen LogP contribution in [-0.4, -0.2) is 26.1 Å². The number of halogens is 1. The fourth-order valence-corrected chi connectivity index (χ4v) is 2.98. The number of thioether (sulfide) groups is 1. The largest absolute Gasteiger partial charge is 0.396 e. The van der Waals surface area contributed by atoms with Gasteiger partial charge < -0.3 is 10.1 Å². The zero-order valence-corrected chi connectivity index (χ0v) is 12.5. The average Bonchev–Trinajstić information content (AvgIpc) is 2.75. The van der Waals surface area contributed by atoms with Gasteiger partial charge >= 0.3 is 5.82 Å². The van der Waals surface area contributed by atoms with E-state index in [9.17, 15) is 10.1 Å². The second-order valence-electron chi connectivity index (χ2n) is 4.15. The summed E-state index contributed by atoms with van der Waals surface area (Å²) in [6.45, 7) is 2.35. The molecule has 1 aromatic heterocycles. The predicted octanol–water partition coefficient (Wildman–Crippen LogP) is 3.48. The first-order valence-corrected chi connectivity index (χ1v) is 7.59. The molecule has 0 spiro atoms. The fraction of sp³-hybridized carbons (Fsp3) is 0.308. The molecule has 0 saturated carbocycles. The van der Waals surface area contributed by atoms with Gasteiger partial charge in [0.1, 0.15) is 0 Å². The quantitative estimate of drug-likeness (QED) is 0.355. The minimum absolute atomic E-state index is 0.0893. The van der Waals surface area contributed by atoms with E-state index in [-0.39, 0.29) is 5.82 Å². The highest BCUT2D eigenvalue weighted by Crippen LogP contribution is 2.30. The van der Waals surface area contributed by atoms with E-state index in [0.29, 0.717) is 29.0 Å². The number of nitrogens with zero attached hydrogens (tertiary/aromatic N) is 3. The summed E-state index contributed by atoms with van der Waals surface area (Å²) in [6.07, 6.45) is 0. The van der Waals surface area contributed by atoms with Gasteiger partial charge in [0.2, 0.25) is 5.82 Å². The third-order valence-electron chi connectivity index (χ3n) is 2.77. The zero-order chi connectivity index (χ0) is 14.5. The van der Waals surface area contributed by atoms with Gasteiger partial charge in [-0.2, -0.15) is 0 Å². The van der Waals surface area contributed by atoms with E-state index in [1.807, 2.05) is 34.9 Å². The molecule has 0 atom stereocenters. The van der Waals surface area contributed by atoms with E-state index < -0.39 is 4.92 Å². The van der Waals surface area contributed by atoms with Gasteiger partial charge in [-0.1, -0.05) is 42.1 Å². The number of rotatable bonds is 6. The van der Waals surface area contributed by atoms with E-state index in [1.54, 1.807) is 6.92 Å². The van der Waals surface area contributed by atoms with Gasteiger partial charge in [0.25, 0.3) is 0 Å². The molecule has 0 saturated heterocycles. The van der Waals surface area contributed by atoms with Gasteiger partial charge in [-0.3, -0.25) is 4.57 Å². The van der Waals surface area contributed by atoms with Crippen molar-refractivity contribution in [3.8, 4) is 0 Å². The molecule has 0 unspecified atom stereocenters. The Hall–Kier alpha value is -1.53. The number of aryl methyl sites for hydroxylation is 1. The van der Waals surface area contributed by atoms with Gasteiger partial charge in [-0.05, 0) is 15.5 Å². The standard InChI is InChI=1S/C13H14ClN3O2S/c1-10-15-12(17(18)19)13(20-8-7-14)16(10)9-11-5-3-2-4-6-11/h2-6H,7-9H2,1H3. The first-order valence-electron chi connectivity index (χ1n) is 6.07. The lowest BCUT2D eigenvalue weighted by atomic mass is 10.2. The summed E-state index contributed by atoms with van der Waals surface area (Å²) in [5.74, 6) is 1.60. The zero-order valence-electron chi connectivity index (χ0n) is 11.0. The molecule has 5 nitrogen and oxygen atoms in total. The van der Waals surface area contributed by atoms with Crippen molar-refractivity contribution >= 4 is 29.2 Å². The normalized spacial score (nSPS) is 10.7. The van der Waals surface area contributed by atoms with E-state index in [2.05, 4.69) is 4.98 Å². The van der Waals surface area contributed by atoms with Crippen LogP contribution in [0.5, 0.6) is 0 Å². The Labute approximate surface area is 126 Å². The summed E-state index contributed by atoms with van der Waals surface area (Å²) in [5, 5.41) is 11.7. The summed E-state index contributed by atoms with van der Waals surface area (Å²) < 4.78 is 1.87. The van der Waals surface area contributed by atoms with Crippen molar-refractivity contribution in [1.82, 2.24) is 9.55 Å². The lowest BCUT2D eigenvalue weighted by Crippen LogP contribution is -2.04. The third kappa shape index (κ3) is 3.32. The summed E-state index contributed by atoms with van der Waals surface area (Å²) in [6, 6.07) is 9.81. The molecule has 0 aliphatic carbocycles. The maximum atomic E-state index is 11.1. The Bertz CT molecular complexity index is 601. The molecule has 2 rings (SSSR count). The second kappa shape index (κ2) is 6.76. The molecule has 0 fully saturated rings. The molecule has 106 valence electrons. The fourth-order valence-electron chi connectivity index (χ4n) is 1.88. The van der Waals surface area contributed by atoms with Gasteiger partial charge in [0, 0.05) is 18.6 Å². The van der Waals surface area contributed by atoms with Crippen LogP contribution in [0.1, 0.15) is 11.4 Å². The Morgan fingerprint density at radius 3 is 2.70 bits per heavy atom. The number of nitro groups is 1. The van der Waals surface area contributed by atoms with Crippen molar-refractivity contribution in [2.75, 3.05) is 11.6 Å². The predicted molar refractivity (Wildman–Crippen MR) is 80.6 cm³/mol. The lowest BCUT2D eigenvalue weighted by molar-refractivity contribution is -0.392. The van der Waals surface area contributed by atoms with Gasteiger partial charge in [0.15, 0.2) is 5.03 Å². The van der Waals surface area contributed by atoms with E-state index >= 15 is 0 Å². The number of imidazole rings is 1.